The van der Waals surface area contributed by atoms with E-state index >= 15 is 0 Å². The van der Waals surface area contributed by atoms with Crippen LogP contribution in [0.15, 0.2) is 0 Å². The number of rotatable bonds is 8. The molecule has 21 heavy (non-hydrogen) atoms. The Balaban J connectivity index is 2.09. The summed E-state index contributed by atoms with van der Waals surface area (Å²) in [5, 5.41) is 14.2. The van der Waals surface area contributed by atoms with Crippen molar-refractivity contribution in [2.45, 2.75) is 46.0 Å². The van der Waals surface area contributed by atoms with E-state index in [-0.39, 0.29) is 11.6 Å². The predicted molar refractivity (Wildman–Crippen MR) is 79.7 cm³/mol. The summed E-state index contributed by atoms with van der Waals surface area (Å²) in [5.41, 5.74) is 0.193. The predicted octanol–water partition coefficient (Wildman–Crippen LogP) is 3.08. The van der Waals surface area contributed by atoms with E-state index in [9.17, 15) is 10.1 Å². The maximum absolute atomic E-state index is 11.2. The first-order valence-electron chi connectivity index (χ1n) is 7.51. The number of ether oxygens (including phenoxy) is 1. The van der Waals surface area contributed by atoms with Gasteiger partial charge in [-0.15, -0.1) is 0 Å². The van der Waals surface area contributed by atoms with E-state index < -0.39 is 4.92 Å². The highest BCUT2D eigenvalue weighted by atomic mass is 16.6. The lowest BCUT2D eigenvalue weighted by atomic mass is 9.83. The number of anilines is 1. The van der Waals surface area contributed by atoms with Gasteiger partial charge in [0.25, 0.3) is 5.88 Å². The second-order valence-corrected chi connectivity index (χ2v) is 5.40. The highest BCUT2D eigenvalue weighted by molar-refractivity contribution is 5.48. The lowest BCUT2D eigenvalue weighted by molar-refractivity contribution is -0.387. The molecule has 0 atom stereocenters. The number of hydrogen-bond acceptors (Lipinski definition) is 6. The Morgan fingerprint density at radius 1 is 1.43 bits per heavy atom. The molecule has 1 fully saturated rings. The molecule has 1 aromatic rings. The van der Waals surface area contributed by atoms with Crippen molar-refractivity contribution in [3.63, 3.8) is 0 Å². The van der Waals surface area contributed by atoms with Crippen LogP contribution in [-0.2, 0) is 0 Å². The zero-order valence-electron chi connectivity index (χ0n) is 12.6. The summed E-state index contributed by atoms with van der Waals surface area (Å²) in [7, 11) is 0. The molecule has 0 saturated heterocycles. The molecule has 1 heterocycles. The SMILES string of the molecule is CCCNc1nc(C)c([N+](=O)[O-])c(OCCC2CCC2)n1. The van der Waals surface area contributed by atoms with E-state index in [2.05, 4.69) is 15.3 Å². The van der Waals surface area contributed by atoms with Gasteiger partial charge in [0, 0.05) is 6.54 Å². The Kier molecular flexibility index (Phi) is 5.30. The average Bonchev–Trinajstić information content (AvgIpc) is 2.38. The summed E-state index contributed by atoms with van der Waals surface area (Å²) in [6.07, 6.45) is 5.60. The van der Waals surface area contributed by atoms with Crippen LogP contribution in [0.2, 0.25) is 0 Å². The van der Waals surface area contributed by atoms with Gasteiger partial charge in [-0.2, -0.15) is 4.98 Å². The van der Waals surface area contributed by atoms with Gasteiger partial charge in [-0.3, -0.25) is 10.1 Å². The van der Waals surface area contributed by atoms with Crippen LogP contribution in [0.25, 0.3) is 0 Å². The zero-order chi connectivity index (χ0) is 15.2. The molecule has 0 aliphatic heterocycles. The fourth-order valence-corrected chi connectivity index (χ4v) is 2.27. The molecule has 1 N–H and O–H groups in total. The standard InChI is InChI=1S/C14H22N4O3/c1-3-8-15-14-16-10(2)12(18(19)20)13(17-14)21-9-7-11-5-4-6-11/h11H,3-9H2,1-2H3,(H,15,16,17). The molecule has 7 nitrogen and oxygen atoms in total. The minimum absolute atomic E-state index is 0.0745. The minimum Gasteiger partial charge on any atom is -0.473 e. The van der Waals surface area contributed by atoms with Crippen LogP contribution in [0.5, 0.6) is 5.88 Å². The van der Waals surface area contributed by atoms with Crippen molar-refractivity contribution >= 4 is 11.6 Å². The Morgan fingerprint density at radius 2 is 2.19 bits per heavy atom. The summed E-state index contributed by atoms with van der Waals surface area (Å²) < 4.78 is 5.57. The zero-order valence-corrected chi connectivity index (χ0v) is 12.6. The van der Waals surface area contributed by atoms with Gasteiger partial charge in [-0.05, 0) is 25.7 Å². The molecule has 0 aromatic carbocycles. The molecule has 0 unspecified atom stereocenters. The number of nitrogens with one attached hydrogen (secondary N) is 1. The van der Waals surface area contributed by atoms with E-state index in [0.29, 0.717) is 24.2 Å². The summed E-state index contributed by atoms with van der Waals surface area (Å²) in [6, 6.07) is 0. The Morgan fingerprint density at radius 3 is 2.76 bits per heavy atom. The van der Waals surface area contributed by atoms with E-state index in [1.54, 1.807) is 6.92 Å². The molecule has 0 bridgehead atoms. The number of aryl methyl sites for hydroxylation is 1. The molecule has 1 saturated carbocycles. The number of nitro groups is 1. The molecular formula is C14H22N4O3. The molecule has 0 radical (unpaired) electrons. The van der Waals surface area contributed by atoms with Crippen LogP contribution in [0.3, 0.4) is 0 Å². The normalized spacial score (nSPS) is 14.6. The quantitative estimate of drug-likeness (QED) is 0.585. The Hall–Kier alpha value is -1.92. The molecule has 0 spiro atoms. The minimum atomic E-state index is -0.475. The van der Waals surface area contributed by atoms with Gasteiger partial charge in [0.2, 0.25) is 5.95 Å². The first-order valence-corrected chi connectivity index (χ1v) is 7.51. The van der Waals surface area contributed by atoms with E-state index in [4.69, 9.17) is 4.74 Å². The molecule has 116 valence electrons. The molecule has 7 heteroatoms. The van der Waals surface area contributed by atoms with E-state index in [1.165, 1.54) is 19.3 Å². The van der Waals surface area contributed by atoms with Gasteiger partial charge >= 0.3 is 5.69 Å². The monoisotopic (exact) mass is 294 g/mol. The maximum atomic E-state index is 11.2. The molecule has 2 rings (SSSR count). The Labute approximate surface area is 124 Å². The van der Waals surface area contributed by atoms with Crippen molar-refractivity contribution in [3.8, 4) is 5.88 Å². The highest BCUT2D eigenvalue weighted by Crippen LogP contribution is 2.31. The number of nitrogens with zero attached hydrogens (tertiary/aromatic N) is 3. The third-order valence-corrected chi connectivity index (χ3v) is 3.73. The summed E-state index contributed by atoms with van der Waals surface area (Å²) in [5.74, 6) is 1.16. The van der Waals surface area contributed by atoms with Gasteiger partial charge in [-0.1, -0.05) is 26.2 Å². The third kappa shape index (κ3) is 4.03. The van der Waals surface area contributed by atoms with Crippen LogP contribution in [-0.4, -0.2) is 28.0 Å². The lowest BCUT2D eigenvalue weighted by Gasteiger charge is -2.24. The van der Waals surface area contributed by atoms with Crippen molar-refractivity contribution in [1.82, 2.24) is 9.97 Å². The van der Waals surface area contributed by atoms with Gasteiger partial charge < -0.3 is 10.1 Å². The molecule has 1 aromatic heterocycles. The second-order valence-electron chi connectivity index (χ2n) is 5.40. The fraction of sp³-hybridized carbons (Fsp3) is 0.714. The van der Waals surface area contributed by atoms with Crippen LogP contribution in [0.4, 0.5) is 11.6 Å². The van der Waals surface area contributed by atoms with Crippen molar-refractivity contribution < 1.29 is 9.66 Å². The second kappa shape index (κ2) is 7.19. The third-order valence-electron chi connectivity index (χ3n) is 3.73. The average molecular weight is 294 g/mol. The van der Waals surface area contributed by atoms with Gasteiger partial charge in [0.15, 0.2) is 0 Å². The largest absolute Gasteiger partial charge is 0.473 e. The molecular weight excluding hydrogens is 272 g/mol. The summed E-state index contributed by atoms with van der Waals surface area (Å²) in [6.45, 7) is 4.82. The topological polar surface area (TPSA) is 90.2 Å². The smallest absolute Gasteiger partial charge is 0.352 e. The van der Waals surface area contributed by atoms with Crippen LogP contribution in [0, 0.1) is 23.0 Å². The van der Waals surface area contributed by atoms with Crippen molar-refractivity contribution in [3.05, 3.63) is 15.8 Å². The van der Waals surface area contributed by atoms with Crippen LogP contribution < -0.4 is 10.1 Å². The molecule has 1 aliphatic rings. The van der Waals surface area contributed by atoms with Gasteiger partial charge in [0.05, 0.1) is 11.5 Å². The van der Waals surface area contributed by atoms with E-state index in [1.807, 2.05) is 6.92 Å². The summed E-state index contributed by atoms with van der Waals surface area (Å²) >= 11 is 0. The first-order chi connectivity index (χ1) is 10.1. The van der Waals surface area contributed by atoms with Crippen molar-refractivity contribution in [2.75, 3.05) is 18.5 Å². The highest BCUT2D eigenvalue weighted by Gasteiger charge is 2.24. The van der Waals surface area contributed by atoms with E-state index in [0.717, 1.165) is 19.4 Å². The number of hydrogen-bond donors (Lipinski definition) is 1. The van der Waals surface area contributed by atoms with Gasteiger partial charge in [0.1, 0.15) is 5.69 Å². The number of aromatic nitrogens is 2. The molecule has 0 amide bonds. The first kappa shape index (κ1) is 15.5. The van der Waals surface area contributed by atoms with Crippen LogP contribution in [0.1, 0.15) is 44.7 Å². The maximum Gasteiger partial charge on any atom is 0.352 e. The van der Waals surface area contributed by atoms with Crippen LogP contribution >= 0.6 is 0 Å². The van der Waals surface area contributed by atoms with Crippen molar-refractivity contribution in [1.29, 1.82) is 0 Å². The Bertz CT molecular complexity index is 503. The summed E-state index contributed by atoms with van der Waals surface area (Å²) in [4.78, 5) is 18.9. The van der Waals surface area contributed by atoms with Gasteiger partial charge in [-0.25, -0.2) is 4.98 Å². The lowest BCUT2D eigenvalue weighted by Crippen LogP contribution is -2.16. The molecule has 1 aliphatic carbocycles. The fourth-order valence-electron chi connectivity index (χ4n) is 2.27. The van der Waals surface area contributed by atoms with Crippen molar-refractivity contribution in [2.24, 2.45) is 5.92 Å².